The minimum Gasteiger partial charge on any atom is -0.385 e. The number of pyridine rings is 1. The van der Waals surface area contributed by atoms with Gasteiger partial charge in [-0.25, -0.2) is 4.98 Å². The topological polar surface area (TPSA) is 51.4 Å². The van der Waals surface area contributed by atoms with Crippen molar-refractivity contribution in [2.24, 2.45) is 0 Å². The van der Waals surface area contributed by atoms with Gasteiger partial charge in [-0.1, -0.05) is 0 Å². The van der Waals surface area contributed by atoms with E-state index in [0.29, 0.717) is 5.82 Å². The Bertz CT molecular complexity index is 261. The van der Waals surface area contributed by atoms with Crippen LogP contribution in [0.1, 0.15) is 6.42 Å². The monoisotopic (exact) mass is 195 g/mol. The van der Waals surface area contributed by atoms with Crippen LogP contribution in [0.4, 0.5) is 11.5 Å². The zero-order chi connectivity index (χ0) is 10.4. The van der Waals surface area contributed by atoms with Gasteiger partial charge in [-0.15, -0.1) is 0 Å². The van der Waals surface area contributed by atoms with Gasteiger partial charge in [0.2, 0.25) is 0 Å². The van der Waals surface area contributed by atoms with Crippen molar-refractivity contribution in [3.8, 4) is 0 Å². The lowest BCUT2D eigenvalue weighted by molar-refractivity contribution is 0.196. The Hall–Kier alpha value is -1.29. The first-order valence-electron chi connectivity index (χ1n) is 4.65. The highest BCUT2D eigenvalue weighted by molar-refractivity contribution is 5.47. The summed E-state index contributed by atoms with van der Waals surface area (Å²) in [7, 11) is 3.74. The van der Waals surface area contributed by atoms with Crippen molar-refractivity contribution in [2.45, 2.75) is 6.42 Å². The number of hydrogen-bond acceptors (Lipinski definition) is 4. The minimum absolute atomic E-state index is 0.555. The van der Waals surface area contributed by atoms with Crippen LogP contribution in [-0.2, 0) is 4.74 Å². The van der Waals surface area contributed by atoms with Gasteiger partial charge in [0, 0.05) is 27.3 Å². The van der Waals surface area contributed by atoms with Crippen molar-refractivity contribution < 1.29 is 4.74 Å². The summed E-state index contributed by atoms with van der Waals surface area (Å²) in [6, 6.07) is 3.78. The summed E-state index contributed by atoms with van der Waals surface area (Å²) in [5.74, 6) is 0.555. The molecule has 0 fully saturated rings. The predicted octanol–water partition coefficient (Wildman–Crippen LogP) is 1.14. The summed E-state index contributed by atoms with van der Waals surface area (Å²) in [4.78, 5) is 6.16. The normalized spacial score (nSPS) is 10.1. The molecule has 0 aliphatic rings. The quantitative estimate of drug-likeness (QED) is 0.716. The molecule has 0 spiro atoms. The average Bonchev–Trinajstić information content (AvgIpc) is 2.19. The Balaban J connectivity index is 2.43. The Kier molecular flexibility index (Phi) is 4.19. The number of anilines is 2. The predicted molar refractivity (Wildman–Crippen MR) is 58.4 cm³/mol. The van der Waals surface area contributed by atoms with E-state index in [1.54, 1.807) is 13.3 Å². The maximum absolute atomic E-state index is 5.50. The van der Waals surface area contributed by atoms with E-state index in [4.69, 9.17) is 10.5 Å². The Morgan fingerprint density at radius 3 is 2.86 bits per heavy atom. The fourth-order valence-corrected chi connectivity index (χ4v) is 1.20. The molecule has 0 saturated carbocycles. The molecule has 0 aliphatic heterocycles. The second kappa shape index (κ2) is 5.44. The van der Waals surface area contributed by atoms with Crippen LogP contribution in [0.3, 0.4) is 0 Å². The minimum atomic E-state index is 0.555. The van der Waals surface area contributed by atoms with Crippen LogP contribution in [0.25, 0.3) is 0 Å². The first-order valence-corrected chi connectivity index (χ1v) is 4.65. The largest absolute Gasteiger partial charge is 0.385 e. The number of nitrogens with two attached hydrogens (primary N) is 1. The fourth-order valence-electron chi connectivity index (χ4n) is 1.20. The molecular formula is C10H17N3O. The van der Waals surface area contributed by atoms with E-state index < -0.39 is 0 Å². The molecule has 2 N–H and O–H groups in total. The van der Waals surface area contributed by atoms with Gasteiger partial charge in [0.15, 0.2) is 0 Å². The highest BCUT2D eigenvalue weighted by Crippen LogP contribution is 2.11. The second-order valence-electron chi connectivity index (χ2n) is 3.21. The van der Waals surface area contributed by atoms with Crippen molar-refractivity contribution in [2.75, 3.05) is 37.9 Å². The molecule has 4 nitrogen and oxygen atoms in total. The highest BCUT2D eigenvalue weighted by Gasteiger charge is 1.99. The van der Waals surface area contributed by atoms with Crippen molar-refractivity contribution in [1.29, 1.82) is 0 Å². The van der Waals surface area contributed by atoms with Gasteiger partial charge in [0.05, 0.1) is 11.9 Å². The van der Waals surface area contributed by atoms with E-state index in [-0.39, 0.29) is 0 Å². The van der Waals surface area contributed by atoms with E-state index in [0.717, 1.165) is 25.3 Å². The molecule has 0 atom stereocenters. The van der Waals surface area contributed by atoms with Crippen molar-refractivity contribution in [3.05, 3.63) is 18.3 Å². The molecule has 4 heteroatoms. The summed E-state index contributed by atoms with van der Waals surface area (Å²) >= 11 is 0. The van der Waals surface area contributed by atoms with Crippen LogP contribution in [0, 0.1) is 0 Å². The van der Waals surface area contributed by atoms with Gasteiger partial charge in [0.1, 0.15) is 5.82 Å². The van der Waals surface area contributed by atoms with Crippen LogP contribution in [0.15, 0.2) is 18.3 Å². The number of aromatic nitrogens is 1. The summed E-state index contributed by atoms with van der Waals surface area (Å²) in [5.41, 5.74) is 6.58. The molecule has 0 unspecified atom stereocenters. The highest BCUT2D eigenvalue weighted by atomic mass is 16.5. The standard InChI is InChI=1S/C10H17N3O/c1-13(6-3-7-14-2)9-4-5-10(11)12-8-9/h4-5,8H,3,6-7H2,1-2H3,(H2,11,12). The molecule has 1 aromatic heterocycles. The third-order valence-electron chi connectivity index (χ3n) is 2.05. The van der Waals surface area contributed by atoms with Gasteiger partial charge in [-0.3, -0.25) is 0 Å². The first-order chi connectivity index (χ1) is 6.74. The second-order valence-corrected chi connectivity index (χ2v) is 3.21. The number of nitrogens with zero attached hydrogens (tertiary/aromatic N) is 2. The summed E-state index contributed by atoms with van der Waals surface area (Å²) < 4.78 is 4.98. The van der Waals surface area contributed by atoms with Crippen molar-refractivity contribution >= 4 is 11.5 Å². The Labute approximate surface area is 84.7 Å². The zero-order valence-corrected chi connectivity index (χ0v) is 8.73. The van der Waals surface area contributed by atoms with Crippen LogP contribution in [-0.4, -0.2) is 32.3 Å². The van der Waals surface area contributed by atoms with Gasteiger partial charge >= 0.3 is 0 Å². The van der Waals surface area contributed by atoms with E-state index in [1.807, 2.05) is 19.2 Å². The smallest absolute Gasteiger partial charge is 0.123 e. The lowest BCUT2D eigenvalue weighted by Gasteiger charge is -2.18. The molecule has 78 valence electrons. The lowest BCUT2D eigenvalue weighted by atomic mass is 10.3. The molecule has 0 radical (unpaired) electrons. The van der Waals surface area contributed by atoms with Gasteiger partial charge in [-0.2, -0.15) is 0 Å². The SMILES string of the molecule is COCCCN(C)c1ccc(N)nc1. The lowest BCUT2D eigenvalue weighted by Crippen LogP contribution is -2.19. The van der Waals surface area contributed by atoms with E-state index in [1.165, 1.54) is 0 Å². The maximum Gasteiger partial charge on any atom is 0.123 e. The van der Waals surface area contributed by atoms with E-state index in [2.05, 4.69) is 9.88 Å². The number of hydrogen-bond donors (Lipinski definition) is 1. The Morgan fingerprint density at radius 2 is 2.29 bits per heavy atom. The summed E-state index contributed by atoms with van der Waals surface area (Å²) in [5, 5.41) is 0. The molecular weight excluding hydrogens is 178 g/mol. The van der Waals surface area contributed by atoms with Crippen molar-refractivity contribution in [3.63, 3.8) is 0 Å². The van der Waals surface area contributed by atoms with E-state index >= 15 is 0 Å². The van der Waals surface area contributed by atoms with Gasteiger partial charge in [0.25, 0.3) is 0 Å². The Morgan fingerprint density at radius 1 is 1.50 bits per heavy atom. The zero-order valence-electron chi connectivity index (χ0n) is 8.73. The molecule has 0 saturated heterocycles. The van der Waals surface area contributed by atoms with Crippen LogP contribution >= 0.6 is 0 Å². The third kappa shape index (κ3) is 3.22. The van der Waals surface area contributed by atoms with Crippen LogP contribution in [0.2, 0.25) is 0 Å². The van der Waals surface area contributed by atoms with Gasteiger partial charge in [-0.05, 0) is 18.6 Å². The average molecular weight is 195 g/mol. The first kappa shape index (κ1) is 10.8. The molecule has 1 heterocycles. The van der Waals surface area contributed by atoms with Crippen LogP contribution in [0.5, 0.6) is 0 Å². The molecule has 0 amide bonds. The molecule has 1 aromatic rings. The van der Waals surface area contributed by atoms with E-state index in [9.17, 15) is 0 Å². The van der Waals surface area contributed by atoms with Crippen LogP contribution < -0.4 is 10.6 Å². The third-order valence-corrected chi connectivity index (χ3v) is 2.05. The van der Waals surface area contributed by atoms with Crippen molar-refractivity contribution in [1.82, 2.24) is 4.98 Å². The molecule has 0 bridgehead atoms. The number of rotatable bonds is 5. The molecule has 0 aliphatic carbocycles. The molecule has 14 heavy (non-hydrogen) atoms. The number of nitrogen functional groups attached to an aromatic ring is 1. The maximum atomic E-state index is 5.50. The summed E-state index contributed by atoms with van der Waals surface area (Å²) in [6.07, 6.45) is 2.79. The molecule has 1 rings (SSSR count). The summed E-state index contributed by atoms with van der Waals surface area (Å²) in [6.45, 7) is 1.74. The molecule has 0 aromatic carbocycles. The fraction of sp³-hybridized carbons (Fsp3) is 0.500. The number of methoxy groups -OCH3 is 1. The number of ether oxygens (including phenoxy) is 1. The van der Waals surface area contributed by atoms with Gasteiger partial charge < -0.3 is 15.4 Å².